The highest BCUT2D eigenvalue weighted by Gasteiger charge is 2.29. The maximum absolute atomic E-state index is 12.6. The maximum atomic E-state index is 12.6. The lowest BCUT2D eigenvalue weighted by molar-refractivity contribution is -0.145. The summed E-state index contributed by atoms with van der Waals surface area (Å²) in [6, 6.07) is 1.88. The summed E-state index contributed by atoms with van der Waals surface area (Å²) in [5.74, 6) is -0.810. The van der Waals surface area contributed by atoms with E-state index in [1.165, 1.54) is 12.1 Å². The molecule has 0 aromatic carbocycles. The van der Waals surface area contributed by atoms with Gasteiger partial charge in [0.25, 0.3) is 0 Å². The van der Waals surface area contributed by atoms with E-state index in [-0.39, 0.29) is 35.8 Å². The summed E-state index contributed by atoms with van der Waals surface area (Å²) >= 11 is 2.03. The number of aromatic nitrogens is 1. The Hall–Kier alpha value is -1.82. The molecular formula is C20H30IN3O6. The van der Waals surface area contributed by atoms with Crippen LogP contribution in [-0.2, 0) is 14.4 Å². The Morgan fingerprint density at radius 3 is 2.40 bits per heavy atom. The number of alkyl halides is 1. The molecule has 1 aromatic heterocycles. The molecule has 0 bridgehead atoms. The second-order valence-corrected chi connectivity index (χ2v) is 8.48. The highest BCUT2D eigenvalue weighted by Crippen LogP contribution is 2.30. The third-order valence-corrected chi connectivity index (χ3v) is 6.15. The number of ketones is 1. The summed E-state index contributed by atoms with van der Waals surface area (Å²) in [6.07, 6.45) is 5.10. The summed E-state index contributed by atoms with van der Waals surface area (Å²) in [5, 5.41) is 21.8. The Bertz CT molecular complexity index is 711. The first kappa shape index (κ1) is 24.4. The normalized spacial score (nSPS) is 19.8. The van der Waals surface area contributed by atoms with Crippen molar-refractivity contribution in [2.45, 2.75) is 57.4 Å². The SMILES string of the molecule is NC(CCCCC(=O)On1c(O)ccc1O)C(=O)C1CCC(CNC(=O)CI)CC1. The van der Waals surface area contributed by atoms with Crippen molar-refractivity contribution in [3.05, 3.63) is 12.1 Å². The number of carbonyl (C=O) groups excluding carboxylic acids is 3. The van der Waals surface area contributed by atoms with E-state index in [4.69, 9.17) is 10.6 Å². The van der Waals surface area contributed by atoms with Gasteiger partial charge in [0.15, 0.2) is 5.78 Å². The van der Waals surface area contributed by atoms with E-state index in [9.17, 15) is 24.6 Å². The van der Waals surface area contributed by atoms with Gasteiger partial charge in [0.1, 0.15) is 0 Å². The van der Waals surface area contributed by atoms with Crippen molar-refractivity contribution in [1.82, 2.24) is 10.0 Å². The molecule has 10 heteroatoms. The maximum Gasteiger partial charge on any atom is 0.333 e. The van der Waals surface area contributed by atoms with Crippen LogP contribution in [0.2, 0.25) is 0 Å². The minimum absolute atomic E-state index is 0.0267. The van der Waals surface area contributed by atoms with E-state index < -0.39 is 12.0 Å². The van der Waals surface area contributed by atoms with E-state index in [2.05, 4.69) is 5.32 Å². The Balaban J connectivity index is 1.62. The summed E-state index contributed by atoms with van der Waals surface area (Å²) in [6.45, 7) is 0.670. The molecule has 30 heavy (non-hydrogen) atoms. The van der Waals surface area contributed by atoms with Gasteiger partial charge >= 0.3 is 5.97 Å². The fourth-order valence-corrected chi connectivity index (χ4v) is 3.95. The molecule has 9 nitrogen and oxygen atoms in total. The van der Waals surface area contributed by atoms with Gasteiger partial charge in [-0.1, -0.05) is 29.0 Å². The van der Waals surface area contributed by atoms with Gasteiger partial charge < -0.3 is 26.1 Å². The first-order chi connectivity index (χ1) is 14.3. The predicted molar refractivity (Wildman–Crippen MR) is 118 cm³/mol. The van der Waals surface area contributed by atoms with Gasteiger partial charge in [-0.05, 0) is 44.4 Å². The van der Waals surface area contributed by atoms with Crippen molar-refractivity contribution in [1.29, 1.82) is 0 Å². The van der Waals surface area contributed by atoms with Gasteiger partial charge in [-0.15, -0.1) is 4.73 Å². The van der Waals surface area contributed by atoms with Gasteiger partial charge in [0.05, 0.1) is 10.5 Å². The number of Topliss-reactive ketones (excluding diaryl/α,β-unsaturated/α-hetero) is 1. The van der Waals surface area contributed by atoms with Crippen LogP contribution in [0.25, 0.3) is 0 Å². The molecule has 0 aliphatic heterocycles. The number of nitrogens with two attached hydrogens (primary N) is 1. The average molecular weight is 535 g/mol. The van der Waals surface area contributed by atoms with E-state index in [0.29, 0.717) is 40.9 Å². The zero-order chi connectivity index (χ0) is 22.1. The molecule has 1 unspecified atom stereocenters. The Morgan fingerprint density at radius 1 is 1.17 bits per heavy atom. The smallest absolute Gasteiger partial charge is 0.333 e. The van der Waals surface area contributed by atoms with Gasteiger partial charge in [-0.3, -0.25) is 9.59 Å². The molecular weight excluding hydrogens is 505 g/mol. The monoisotopic (exact) mass is 535 g/mol. The van der Waals surface area contributed by atoms with E-state index in [1.54, 1.807) is 0 Å². The van der Waals surface area contributed by atoms with E-state index in [1.807, 2.05) is 22.6 Å². The largest absolute Gasteiger partial charge is 0.492 e. The quantitative estimate of drug-likeness (QED) is 0.192. The van der Waals surface area contributed by atoms with Crippen LogP contribution in [0.3, 0.4) is 0 Å². The lowest BCUT2D eigenvalue weighted by Crippen LogP contribution is -2.38. The van der Waals surface area contributed by atoms with Crippen LogP contribution < -0.4 is 15.9 Å². The van der Waals surface area contributed by atoms with Crippen molar-refractivity contribution in [2.75, 3.05) is 11.0 Å². The zero-order valence-corrected chi connectivity index (χ0v) is 19.0. The molecule has 0 spiro atoms. The first-order valence-corrected chi connectivity index (χ1v) is 11.8. The minimum Gasteiger partial charge on any atom is -0.492 e. The number of rotatable bonds is 11. The number of aromatic hydroxyl groups is 2. The number of nitrogens with one attached hydrogen (secondary N) is 1. The van der Waals surface area contributed by atoms with Gasteiger partial charge in [-0.25, -0.2) is 4.79 Å². The minimum atomic E-state index is -0.593. The second kappa shape index (κ2) is 12.1. The predicted octanol–water partition coefficient (Wildman–Crippen LogP) is 1.67. The van der Waals surface area contributed by atoms with Crippen LogP contribution in [0.1, 0.15) is 51.4 Å². The molecule has 1 aromatic rings. The van der Waals surface area contributed by atoms with Crippen LogP contribution >= 0.6 is 22.6 Å². The van der Waals surface area contributed by atoms with E-state index in [0.717, 1.165) is 25.7 Å². The van der Waals surface area contributed by atoms with Crippen molar-refractivity contribution in [2.24, 2.45) is 17.6 Å². The molecule has 0 radical (unpaired) electrons. The number of carbonyl (C=O) groups is 3. The Kier molecular flexibility index (Phi) is 9.89. The van der Waals surface area contributed by atoms with Crippen LogP contribution in [0, 0.1) is 11.8 Å². The van der Waals surface area contributed by atoms with Crippen LogP contribution in [0.15, 0.2) is 12.1 Å². The van der Waals surface area contributed by atoms with Crippen molar-refractivity contribution in [3.63, 3.8) is 0 Å². The van der Waals surface area contributed by atoms with Gasteiger partial charge in [-0.2, -0.15) is 0 Å². The number of hydrogen-bond donors (Lipinski definition) is 4. The fourth-order valence-electron chi connectivity index (χ4n) is 3.68. The van der Waals surface area contributed by atoms with Crippen LogP contribution in [0.5, 0.6) is 11.8 Å². The molecule has 1 atom stereocenters. The topological polar surface area (TPSA) is 144 Å². The highest BCUT2D eigenvalue weighted by molar-refractivity contribution is 14.1. The second-order valence-electron chi connectivity index (χ2n) is 7.72. The summed E-state index contributed by atoms with van der Waals surface area (Å²) in [5.41, 5.74) is 6.07. The molecule has 168 valence electrons. The number of nitrogens with zero attached hydrogens (tertiary/aromatic N) is 1. The molecule has 5 N–H and O–H groups in total. The van der Waals surface area contributed by atoms with Crippen molar-refractivity contribution in [3.8, 4) is 11.8 Å². The summed E-state index contributed by atoms with van der Waals surface area (Å²) < 4.78 is 1.11. The number of unbranched alkanes of at least 4 members (excludes halogenated alkanes) is 1. The molecule has 1 aliphatic carbocycles. The summed E-state index contributed by atoms with van der Waals surface area (Å²) in [7, 11) is 0. The Labute approximate surface area is 189 Å². The van der Waals surface area contributed by atoms with Crippen LogP contribution in [-0.4, -0.2) is 49.6 Å². The third-order valence-electron chi connectivity index (χ3n) is 5.46. The number of halogens is 1. The zero-order valence-electron chi connectivity index (χ0n) is 16.9. The average Bonchev–Trinajstić information content (AvgIpc) is 3.06. The Morgan fingerprint density at radius 2 is 1.80 bits per heavy atom. The van der Waals surface area contributed by atoms with Gasteiger partial charge in [0, 0.05) is 31.0 Å². The third kappa shape index (κ3) is 7.46. The molecule has 1 aliphatic rings. The van der Waals surface area contributed by atoms with Crippen LogP contribution in [0.4, 0.5) is 0 Å². The summed E-state index contributed by atoms with van der Waals surface area (Å²) in [4.78, 5) is 40.6. The number of amides is 1. The van der Waals surface area contributed by atoms with E-state index >= 15 is 0 Å². The lowest BCUT2D eigenvalue weighted by Gasteiger charge is -2.29. The van der Waals surface area contributed by atoms with Crippen molar-refractivity contribution >= 4 is 40.3 Å². The molecule has 1 saturated carbocycles. The highest BCUT2D eigenvalue weighted by atomic mass is 127. The molecule has 1 heterocycles. The van der Waals surface area contributed by atoms with Gasteiger partial charge in [0.2, 0.25) is 17.7 Å². The molecule has 2 rings (SSSR count). The molecule has 0 saturated heterocycles. The first-order valence-electron chi connectivity index (χ1n) is 10.2. The molecule has 1 amide bonds. The standard InChI is InChI=1S/C20H30IN3O6/c21-11-16(25)23-12-13-5-7-14(8-6-13)20(29)15(22)3-1-2-4-19(28)30-24-17(26)9-10-18(24)27/h9-10,13-15,26-27H,1-8,11-12,22H2,(H,23,25). The fraction of sp³-hybridized carbons (Fsp3) is 0.650. The molecule has 1 fully saturated rings. The van der Waals surface area contributed by atoms with Crippen molar-refractivity contribution < 1.29 is 29.4 Å². The lowest BCUT2D eigenvalue weighted by atomic mass is 9.78. The number of hydrogen-bond acceptors (Lipinski definition) is 7.